The SMILES string of the molecule is CCNC(C)c1ncc(C2CCCC(C(F)(F)F)C2)o1. The van der Waals surface area contributed by atoms with Crippen LogP contribution >= 0.6 is 0 Å². The van der Waals surface area contributed by atoms with Crippen molar-refractivity contribution in [1.82, 2.24) is 10.3 Å². The van der Waals surface area contributed by atoms with E-state index in [4.69, 9.17) is 4.42 Å². The summed E-state index contributed by atoms with van der Waals surface area (Å²) in [6.45, 7) is 4.70. The van der Waals surface area contributed by atoms with Crippen molar-refractivity contribution in [2.75, 3.05) is 6.54 Å². The topological polar surface area (TPSA) is 38.1 Å². The molecule has 0 bridgehead atoms. The zero-order valence-electron chi connectivity index (χ0n) is 11.8. The minimum absolute atomic E-state index is 0.0178. The maximum Gasteiger partial charge on any atom is 0.391 e. The number of halogens is 3. The van der Waals surface area contributed by atoms with Crippen LogP contribution < -0.4 is 5.32 Å². The average molecular weight is 290 g/mol. The van der Waals surface area contributed by atoms with Crippen LogP contribution in [0.25, 0.3) is 0 Å². The Hall–Kier alpha value is -1.04. The highest BCUT2D eigenvalue weighted by Crippen LogP contribution is 2.43. The molecular weight excluding hydrogens is 269 g/mol. The van der Waals surface area contributed by atoms with Crippen LogP contribution in [0, 0.1) is 5.92 Å². The fourth-order valence-corrected chi connectivity index (χ4v) is 2.83. The van der Waals surface area contributed by atoms with Crippen molar-refractivity contribution in [2.24, 2.45) is 5.92 Å². The minimum Gasteiger partial charge on any atom is -0.444 e. The summed E-state index contributed by atoms with van der Waals surface area (Å²) >= 11 is 0. The molecule has 1 fully saturated rings. The van der Waals surface area contributed by atoms with E-state index < -0.39 is 12.1 Å². The quantitative estimate of drug-likeness (QED) is 0.904. The van der Waals surface area contributed by atoms with Crippen LogP contribution in [0.1, 0.15) is 63.1 Å². The van der Waals surface area contributed by atoms with Crippen LogP contribution in [-0.4, -0.2) is 17.7 Å². The van der Waals surface area contributed by atoms with E-state index in [1.807, 2.05) is 13.8 Å². The Morgan fingerprint density at radius 3 is 2.85 bits per heavy atom. The van der Waals surface area contributed by atoms with E-state index in [0.29, 0.717) is 18.1 Å². The van der Waals surface area contributed by atoms with Gasteiger partial charge in [0.05, 0.1) is 18.2 Å². The fourth-order valence-electron chi connectivity index (χ4n) is 2.83. The zero-order valence-corrected chi connectivity index (χ0v) is 11.8. The molecule has 0 amide bonds. The first-order chi connectivity index (χ1) is 9.41. The minimum atomic E-state index is -4.10. The third kappa shape index (κ3) is 3.53. The molecule has 3 atom stereocenters. The first kappa shape index (κ1) is 15.4. The first-order valence-corrected chi connectivity index (χ1v) is 7.17. The summed E-state index contributed by atoms with van der Waals surface area (Å²) in [5, 5.41) is 3.17. The Labute approximate surface area is 117 Å². The molecule has 1 aromatic heterocycles. The maximum atomic E-state index is 12.8. The fraction of sp³-hybridized carbons (Fsp3) is 0.786. The standard InChI is InChI=1S/C14H21F3N2O/c1-3-18-9(2)13-19-8-12(20-13)10-5-4-6-11(7-10)14(15,16)17/h8-11,18H,3-7H2,1-2H3. The number of hydrogen-bond donors (Lipinski definition) is 1. The van der Waals surface area contributed by atoms with Crippen molar-refractivity contribution in [2.45, 2.75) is 57.7 Å². The van der Waals surface area contributed by atoms with E-state index in [2.05, 4.69) is 10.3 Å². The molecule has 1 N–H and O–H groups in total. The molecule has 0 spiro atoms. The summed E-state index contributed by atoms with van der Waals surface area (Å²) in [7, 11) is 0. The molecule has 20 heavy (non-hydrogen) atoms. The van der Waals surface area contributed by atoms with Crippen molar-refractivity contribution >= 4 is 0 Å². The highest BCUT2D eigenvalue weighted by molar-refractivity contribution is 5.05. The van der Waals surface area contributed by atoms with Gasteiger partial charge in [-0.1, -0.05) is 13.3 Å². The lowest BCUT2D eigenvalue weighted by Crippen LogP contribution is -2.27. The van der Waals surface area contributed by atoms with Crippen molar-refractivity contribution in [1.29, 1.82) is 0 Å². The van der Waals surface area contributed by atoms with Crippen molar-refractivity contribution in [3.05, 3.63) is 17.8 Å². The third-order valence-electron chi connectivity index (χ3n) is 3.96. The van der Waals surface area contributed by atoms with Crippen LogP contribution in [0.15, 0.2) is 10.6 Å². The number of aromatic nitrogens is 1. The number of nitrogens with zero attached hydrogens (tertiary/aromatic N) is 1. The predicted molar refractivity (Wildman–Crippen MR) is 69.3 cm³/mol. The van der Waals surface area contributed by atoms with E-state index in [1.54, 1.807) is 6.20 Å². The molecule has 1 aliphatic carbocycles. The van der Waals surface area contributed by atoms with Gasteiger partial charge in [0, 0.05) is 5.92 Å². The van der Waals surface area contributed by atoms with Crippen LogP contribution in [-0.2, 0) is 0 Å². The molecule has 0 saturated heterocycles. The molecule has 0 radical (unpaired) electrons. The number of oxazole rings is 1. The van der Waals surface area contributed by atoms with E-state index in [9.17, 15) is 13.2 Å². The Bertz CT molecular complexity index is 430. The third-order valence-corrected chi connectivity index (χ3v) is 3.96. The monoisotopic (exact) mass is 290 g/mol. The molecule has 0 aromatic carbocycles. The molecule has 1 aliphatic rings. The van der Waals surface area contributed by atoms with Gasteiger partial charge in [-0.05, 0) is 32.7 Å². The van der Waals surface area contributed by atoms with E-state index in [-0.39, 0.29) is 24.8 Å². The number of rotatable bonds is 4. The van der Waals surface area contributed by atoms with Gasteiger partial charge in [0.2, 0.25) is 5.89 Å². The first-order valence-electron chi connectivity index (χ1n) is 7.17. The largest absolute Gasteiger partial charge is 0.444 e. The van der Waals surface area contributed by atoms with Gasteiger partial charge in [-0.3, -0.25) is 0 Å². The summed E-state index contributed by atoms with van der Waals surface area (Å²) in [4.78, 5) is 4.19. The van der Waals surface area contributed by atoms with Gasteiger partial charge in [0.1, 0.15) is 5.76 Å². The number of hydrogen-bond acceptors (Lipinski definition) is 3. The Balaban J connectivity index is 2.04. The molecule has 3 unspecified atom stereocenters. The molecule has 1 heterocycles. The smallest absolute Gasteiger partial charge is 0.391 e. The molecule has 1 aromatic rings. The molecule has 2 rings (SSSR count). The van der Waals surface area contributed by atoms with Gasteiger partial charge < -0.3 is 9.73 Å². The summed E-state index contributed by atoms with van der Waals surface area (Å²) in [6, 6.07) is -0.0178. The summed E-state index contributed by atoms with van der Waals surface area (Å²) < 4.78 is 44.1. The summed E-state index contributed by atoms with van der Waals surface area (Å²) in [6.07, 6.45) is -0.821. The van der Waals surface area contributed by atoms with E-state index in [0.717, 1.165) is 13.0 Å². The second kappa shape index (κ2) is 6.16. The predicted octanol–water partition coefficient (Wildman–Crippen LogP) is 4.18. The summed E-state index contributed by atoms with van der Waals surface area (Å²) in [5.74, 6) is -0.221. The van der Waals surface area contributed by atoms with Gasteiger partial charge in [-0.2, -0.15) is 13.2 Å². The van der Waals surface area contributed by atoms with Crippen LogP contribution in [0.5, 0.6) is 0 Å². The van der Waals surface area contributed by atoms with Gasteiger partial charge in [0.25, 0.3) is 0 Å². The van der Waals surface area contributed by atoms with Crippen LogP contribution in [0.4, 0.5) is 13.2 Å². The maximum absolute atomic E-state index is 12.8. The highest BCUT2D eigenvalue weighted by atomic mass is 19.4. The van der Waals surface area contributed by atoms with Gasteiger partial charge >= 0.3 is 6.18 Å². The lowest BCUT2D eigenvalue weighted by atomic mass is 9.80. The van der Waals surface area contributed by atoms with Gasteiger partial charge in [-0.15, -0.1) is 0 Å². The number of nitrogens with one attached hydrogen (secondary N) is 1. The summed E-state index contributed by atoms with van der Waals surface area (Å²) in [5.41, 5.74) is 0. The van der Waals surface area contributed by atoms with Gasteiger partial charge in [-0.25, -0.2) is 4.98 Å². The average Bonchev–Trinajstić information content (AvgIpc) is 2.88. The normalized spacial score (nSPS) is 25.6. The second-order valence-corrected chi connectivity index (χ2v) is 5.48. The highest BCUT2D eigenvalue weighted by Gasteiger charge is 2.43. The lowest BCUT2D eigenvalue weighted by Gasteiger charge is -2.29. The van der Waals surface area contributed by atoms with E-state index in [1.165, 1.54) is 0 Å². The Kier molecular flexibility index (Phi) is 4.73. The van der Waals surface area contributed by atoms with Crippen molar-refractivity contribution in [3.8, 4) is 0 Å². The van der Waals surface area contributed by atoms with Crippen molar-refractivity contribution in [3.63, 3.8) is 0 Å². The Morgan fingerprint density at radius 2 is 2.20 bits per heavy atom. The molecule has 114 valence electrons. The molecule has 3 nitrogen and oxygen atoms in total. The molecule has 0 aliphatic heterocycles. The Morgan fingerprint density at radius 1 is 1.45 bits per heavy atom. The van der Waals surface area contributed by atoms with E-state index >= 15 is 0 Å². The number of alkyl halides is 3. The lowest BCUT2D eigenvalue weighted by molar-refractivity contribution is -0.183. The second-order valence-electron chi connectivity index (χ2n) is 5.48. The van der Waals surface area contributed by atoms with Crippen molar-refractivity contribution < 1.29 is 17.6 Å². The zero-order chi connectivity index (χ0) is 14.8. The molecule has 1 saturated carbocycles. The molecular formula is C14H21F3N2O. The molecule has 6 heteroatoms. The van der Waals surface area contributed by atoms with Crippen LogP contribution in [0.2, 0.25) is 0 Å². The van der Waals surface area contributed by atoms with Crippen LogP contribution in [0.3, 0.4) is 0 Å². The van der Waals surface area contributed by atoms with Gasteiger partial charge in [0.15, 0.2) is 0 Å².